The van der Waals surface area contributed by atoms with Crippen LogP contribution in [-0.2, 0) is 0 Å². The first-order valence-corrected chi connectivity index (χ1v) is 6.82. The highest BCUT2D eigenvalue weighted by atomic mass is 32.1. The van der Waals surface area contributed by atoms with Crippen molar-refractivity contribution >= 4 is 34.4 Å². The number of hydrogen-bond acceptors (Lipinski definition) is 4. The van der Waals surface area contributed by atoms with Gasteiger partial charge >= 0.3 is 4.87 Å². The summed E-state index contributed by atoms with van der Waals surface area (Å²) in [5, 5.41) is 9.67. The van der Waals surface area contributed by atoms with Gasteiger partial charge in [-0.2, -0.15) is 0 Å². The number of rotatable bonds is 2. The summed E-state index contributed by atoms with van der Waals surface area (Å²) in [4.78, 5) is 18.4. The predicted octanol–water partition coefficient (Wildman–Crippen LogP) is 3.18. The van der Waals surface area contributed by atoms with E-state index in [0.29, 0.717) is 4.88 Å². The highest BCUT2D eigenvalue weighted by molar-refractivity contribution is 7.10. The van der Waals surface area contributed by atoms with Crippen molar-refractivity contribution in [3.8, 4) is 5.88 Å². The van der Waals surface area contributed by atoms with Crippen molar-refractivity contribution < 1.29 is 5.11 Å². The second-order valence-corrected chi connectivity index (χ2v) is 5.23. The van der Waals surface area contributed by atoms with Crippen molar-refractivity contribution in [2.75, 3.05) is 0 Å². The van der Waals surface area contributed by atoms with Crippen LogP contribution in [0.2, 0.25) is 0 Å². The lowest BCUT2D eigenvalue weighted by Crippen LogP contribution is -1.94. The van der Waals surface area contributed by atoms with Crippen LogP contribution in [0.15, 0.2) is 34.1 Å². The number of benzene rings is 1. The number of hydrogen-bond donors (Lipinski definition) is 2. The smallest absolute Gasteiger partial charge is 0.307 e. The molecule has 96 valence electrons. The van der Waals surface area contributed by atoms with E-state index >= 15 is 0 Å². The van der Waals surface area contributed by atoms with E-state index in [0.717, 1.165) is 40.3 Å². The Morgan fingerprint density at radius 3 is 2.89 bits per heavy atom. The minimum absolute atomic E-state index is 0.0812. The van der Waals surface area contributed by atoms with Gasteiger partial charge in [0.15, 0.2) is 0 Å². The number of aromatic amines is 1. The van der Waals surface area contributed by atoms with Crippen LogP contribution in [0, 0.1) is 0 Å². The average molecular weight is 272 g/mol. The molecule has 2 aromatic rings. The van der Waals surface area contributed by atoms with Gasteiger partial charge in [0.25, 0.3) is 0 Å². The molecule has 2 heterocycles. The second kappa shape index (κ2) is 4.51. The molecule has 0 spiro atoms. The third-order valence-electron chi connectivity index (χ3n) is 3.03. The summed E-state index contributed by atoms with van der Waals surface area (Å²) in [7, 11) is 0. The van der Waals surface area contributed by atoms with Crippen LogP contribution in [0.5, 0.6) is 5.88 Å². The quantitative estimate of drug-likeness (QED) is 0.881. The van der Waals surface area contributed by atoms with Crippen LogP contribution in [-0.4, -0.2) is 15.8 Å². The fourth-order valence-corrected chi connectivity index (χ4v) is 2.82. The van der Waals surface area contributed by atoms with E-state index in [9.17, 15) is 9.90 Å². The Bertz CT molecular complexity index is 753. The van der Waals surface area contributed by atoms with Gasteiger partial charge in [-0.15, -0.1) is 0 Å². The minimum Gasteiger partial charge on any atom is -0.493 e. The Hall–Kier alpha value is -2.14. The first kappa shape index (κ1) is 11.9. The summed E-state index contributed by atoms with van der Waals surface area (Å²) >= 11 is 0.996. The topological polar surface area (TPSA) is 65.5 Å². The largest absolute Gasteiger partial charge is 0.493 e. The minimum atomic E-state index is -0.259. The number of para-hydroxylation sites is 1. The summed E-state index contributed by atoms with van der Waals surface area (Å²) in [6.45, 7) is 2.04. The van der Waals surface area contributed by atoms with Gasteiger partial charge in [-0.05, 0) is 18.6 Å². The number of fused-ring (bicyclic) bond motifs is 1. The van der Waals surface area contributed by atoms with Crippen molar-refractivity contribution in [3.05, 3.63) is 44.4 Å². The lowest BCUT2D eigenvalue weighted by molar-refractivity contribution is 0.455. The molecule has 0 saturated carbocycles. The van der Waals surface area contributed by atoms with E-state index in [2.05, 4.69) is 9.98 Å². The third-order valence-corrected chi connectivity index (χ3v) is 3.85. The van der Waals surface area contributed by atoms with Crippen molar-refractivity contribution in [2.24, 2.45) is 4.99 Å². The van der Waals surface area contributed by atoms with Gasteiger partial charge in [0, 0.05) is 16.8 Å². The van der Waals surface area contributed by atoms with Crippen molar-refractivity contribution in [1.29, 1.82) is 0 Å². The normalized spacial score (nSPS) is 15.6. The fourth-order valence-electron chi connectivity index (χ4n) is 2.15. The molecule has 19 heavy (non-hydrogen) atoms. The summed E-state index contributed by atoms with van der Waals surface area (Å²) in [5.74, 6) is -0.0812. The molecule has 0 amide bonds. The zero-order valence-corrected chi connectivity index (χ0v) is 11.1. The van der Waals surface area contributed by atoms with E-state index in [1.165, 1.54) is 0 Å². The fraction of sp³-hybridized carbons (Fsp3) is 0.143. The molecule has 0 unspecified atom stereocenters. The molecule has 1 aromatic carbocycles. The van der Waals surface area contributed by atoms with Gasteiger partial charge in [0.1, 0.15) is 0 Å². The van der Waals surface area contributed by atoms with E-state index < -0.39 is 0 Å². The number of allylic oxidation sites excluding steroid dienone is 1. The van der Waals surface area contributed by atoms with Crippen molar-refractivity contribution in [3.63, 3.8) is 0 Å². The van der Waals surface area contributed by atoms with E-state index in [-0.39, 0.29) is 10.8 Å². The van der Waals surface area contributed by atoms with Gasteiger partial charge < -0.3 is 5.11 Å². The molecule has 1 aromatic heterocycles. The Balaban J connectivity index is 2.16. The molecular formula is C14H12N2O2S. The summed E-state index contributed by atoms with van der Waals surface area (Å²) in [6, 6.07) is 7.87. The zero-order valence-electron chi connectivity index (χ0n) is 10.3. The molecule has 0 saturated heterocycles. The van der Waals surface area contributed by atoms with Crippen LogP contribution < -0.4 is 4.87 Å². The molecule has 5 heteroatoms. The number of nitrogens with zero attached hydrogens (tertiary/aromatic N) is 1. The molecule has 1 aliphatic heterocycles. The SMILES string of the molecule is CCC1=Nc2ccccc2C1=Cc1sc(=O)[nH]c1O. The second-order valence-electron chi connectivity index (χ2n) is 4.21. The summed E-state index contributed by atoms with van der Waals surface area (Å²) < 4.78 is 0. The van der Waals surface area contributed by atoms with Gasteiger partial charge in [-0.1, -0.05) is 36.5 Å². The number of aromatic hydroxyl groups is 1. The summed E-state index contributed by atoms with van der Waals surface area (Å²) in [6.07, 6.45) is 2.63. The Labute approximate surface area is 113 Å². The standard InChI is InChI=1S/C14H12N2O2S/c1-2-10-9(7-12-13(17)16-14(18)19-12)8-5-3-4-6-11(8)15-10/h3-7,17H,2H2,1H3,(H,16,18). The van der Waals surface area contributed by atoms with Crippen LogP contribution in [0.1, 0.15) is 23.8 Å². The van der Waals surface area contributed by atoms with Crippen LogP contribution >= 0.6 is 11.3 Å². The van der Waals surface area contributed by atoms with E-state index in [1.54, 1.807) is 0 Å². The highest BCUT2D eigenvalue weighted by Crippen LogP contribution is 2.37. The van der Waals surface area contributed by atoms with Crippen molar-refractivity contribution in [2.45, 2.75) is 13.3 Å². The first-order chi connectivity index (χ1) is 9.19. The van der Waals surface area contributed by atoms with Gasteiger partial charge in [0.05, 0.1) is 10.6 Å². The highest BCUT2D eigenvalue weighted by Gasteiger charge is 2.19. The molecule has 0 bridgehead atoms. The molecule has 0 radical (unpaired) electrons. The predicted molar refractivity (Wildman–Crippen MR) is 78.3 cm³/mol. The Morgan fingerprint density at radius 2 is 2.21 bits per heavy atom. The van der Waals surface area contributed by atoms with Crippen LogP contribution in [0.4, 0.5) is 5.69 Å². The van der Waals surface area contributed by atoms with E-state index in [4.69, 9.17) is 0 Å². The number of H-pyrrole nitrogens is 1. The average Bonchev–Trinajstić information content (AvgIpc) is 2.91. The maximum absolute atomic E-state index is 11.2. The molecule has 0 fully saturated rings. The molecule has 0 aliphatic carbocycles. The van der Waals surface area contributed by atoms with Gasteiger partial charge in [0.2, 0.25) is 5.88 Å². The Kier molecular flexibility index (Phi) is 2.83. The lowest BCUT2D eigenvalue weighted by atomic mass is 10.0. The lowest BCUT2D eigenvalue weighted by Gasteiger charge is -2.02. The van der Waals surface area contributed by atoms with Crippen LogP contribution in [0.3, 0.4) is 0 Å². The molecular weight excluding hydrogens is 260 g/mol. The third kappa shape index (κ3) is 2.02. The van der Waals surface area contributed by atoms with Gasteiger partial charge in [-0.3, -0.25) is 14.8 Å². The monoisotopic (exact) mass is 272 g/mol. The number of nitrogens with one attached hydrogen (secondary N) is 1. The summed E-state index contributed by atoms with van der Waals surface area (Å²) in [5.41, 5.74) is 3.93. The number of thiazole rings is 1. The molecule has 4 nitrogen and oxygen atoms in total. The Morgan fingerprint density at radius 1 is 1.42 bits per heavy atom. The number of aromatic nitrogens is 1. The van der Waals surface area contributed by atoms with E-state index in [1.807, 2.05) is 37.3 Å². The first-order valence-electron chi connectivity index (χ1n) is 6.00. The molecule has 2 N–H and O–H groups in total. The molecule has 0 atom stereocenters. The molecule has 1 aliphatic rings. The molecule has 3 rings (SSSR count). The zero-order chi connectivity index (χ0) is 13.4. The van der Waals surface area contributed by atoms with Crippen molar-refractivity contribution in [1.82, 2.24) is 4.98 Å². The van der Waals surface area contributed by atoms with Crippen LogP contribution in [0.25, 0.3) is 11.6 Å². The van der Waals surface area contributed by atoms with Gasteiger partial charge in [-0.25, -0.2) is 0 Å². The maximum atomic E-state index is 11.2. The number of aliphatic imine (C=N–C) groups is 1. The maximum Gasteiger partial charge on any atom is 0.307 e.